The first-order valence-corrected chi connectivity index (χ1v) is 5.50. The van der Waals surface area contributed by atoms with Crippen molar-refractivity contribution in [2.24, 2.45) is 5.41 Å². The number of urea groups is 1. The molecule has 0 atom stereocenters. The van der Waals surface area contributed by atoms with Crippen LogP contribution in [-0.2, 0) is 9.59 Å². The average molecular weight is 286 g/mol. The fourth-order valence-corrected chi connectivity index (χ4v) is 1.68. The number of halogens is 3. The number of anilines is 1. The molecule has 8 heteroatoms. The van der Waals surface area contributed by atoms with Crippen molar-refractivity contribution in [1.29, 1.82) is 0 Å². The van der Waals surface area contributed by atoms with Gasteiger partial charge in [0.25, 0.3) is 0 Å². The van der Waals surface area contributed by atoms with Crippen molar-refractivity contribution in [1.82, 2.24) is 5.32 Å². The highest BCUT2D eigenvalue weighted by atomic mass is 19.2. The molecule has 5 nitrogen and oxygen atoms in total. The number of nitrogens with one attached hydrogen (secondary N) is 1. The van der Waals surface area contributed by atoms with E-state index in [1.807, 2.05) is 5.32 Å². The zero-order chi connectivity index (χ0) is 15.2. The quantitative estimate of drug-likeness (QED) is 0.631. The fourth-order valence-electron chi connectivity index (χ4n) is 1.68. The second kappa shape index (κ2) is 4.32. The number of hydrogen-bond donors (Lipinski definition) is 1. The Hall–Kier alpha value is -2.38. The molecule has 2 rings (SSSR count). The van der Waals surface area contributed by atoms with Crippen LogP contribution in [0, 0.1) is 22.9 Å². The predicted octanol–water partition coefficient (Wildman–Crippen LogP) is 1.71. The number of barbiturate groups is 1. The Labute approximate surface area is 111 Å². The molecule has 1 fully saturated rings. The van der Waals surface area contributed by atoms with E-state index in [1.54, 1.807) is 0 Å². The number of carbonyl (C=O) groups excluding carboxylic acids is 3. The van der Waals surface area contributed by atoms with Crippen molar-refractivity contribution < 1.29 is 27.6 Å². The monoisotopic (exact) mass is 286 g/mol. The minimum atomic E-state index is -1.63. The molecule has 106 valence electrons. The standard InChI is InChI=1S/C12H9F3N2O3/c1-12(2)9(18)16-11(20)17(10(12)19)8-4-6(14)5(13)3-7(8)15/h3-4H,1-2H3,(H,16,18,20). The van der Waals surface area contributed by atoms with Gasteiger partial charge in [0, 0.05) is 12.1 Å². The van der Waals surface area contributed by atoms with Crippen molar-refractivity contribution in [2.75, 3.05) is 4.90 Å². The van der Waals surface area contributed by atoms with Crippen molar-refractivity contribution >= 4 is 23.5 Å². The molecule has 0 aromatic heterocycles. The Bertz CT molecular complexity index is 643. The summed E-state index contributed by atoms with van der Waals surface area (Å²) in [4.78, 5) is 35.5. The number of nitrogens with zero attached hydrogens (tertiary/aromatic N) is 1. The van der Waals surface area contributed by atoms with Gasteiger partial charge in [0.05, 0.1) is 5.69 Å². The first kappa shape index (κ1) is 14.0. The van der Waals surface area contributed by atoms with Crippen LogP contribution in [0.3, 0.4) is 0 Å². The topological polar surface area (TPSA) is 66.5 Å². The normalized spacial score (nSPS) is 18.2. The lowest BCUT2D eigenvalue weighted by Crippen LogP contribution is -2.62. The molecule has 1 aliphatic heterocycles. The van der Waals surface area contributed by atoms with E-state index in [0.717, 1.165) is 0 Å². The molecule has 4 amide bonds. The Balaban J connectivity index is 2.57. The van der Waals surface area contributed by atoms with Gasteiger partial charge in [-0.2, -0.15) is 0 Å². The summed E-state index contributed by atoms with van der Waals surface area (Å²) in [6.07, 6.45) is 0. The Morgan fingerprint density at radius 3 is 2.15 bits per heavy atom. The zero-order valence-electron chi connectivity index (χ0n) is 10.5. The molecule has 20 heavy (non-hydrogen) atoms. The van der Waals surface area contributed by atoms with Crippen LogP contribution < -0.4 is 10.2 Å². The third-order valence-corrected chi connectivity index (χ3v) is 2.96. The van der Waals surface area contributed by atoms with E-state index >= 15 is 0 Å². The van der Waals surface area contributed by atoms with Gasteiger partial charge in [-0.3, -0.25) is 14.9 Å². The number of benzene rings is 1. The summed E-state index contributed by atoms with van der Waals surface area (Å²) < 4.78 is 39.7. The van der Waals surface area contributed by atoms with Gasteiger partial charge in [0.2, 0.25) is 11.8 Å². The van der Waals surface area contributed by atoms with E-state index in [0.29, 0.717) is 6.07 Å². The molecule has 1 N–H and O–H groups in total. The zero-order valence-corrected chi connectivity index (χ0v) is 10.5. The van der Waals surface area contributed by atoms with Crippen LogP contribution in [0.5, 0.6) is 0 Å². The van der Waals surface area contributed by atoms with Crippen LogP contribution in [0.25, 0.3) is 0 Å². The van der Waals surface area contributed by atoms with Gasteiger partial charge in [-0.25, -0.2) is 22.9 Å². The van der Waals surface area contributed by atoms with Gasteiger partial charge in [-0.1, -0.05) is 0 Å². The van der Waals surface area contributed by atoms with Crippen LogP contribution in [-0.4, -0.2) is 17.8 Å². The van der Waals surface area contributed by atoms with E-state index in [1.165, 1.54) is 13.8 Å². The number of carbonyl (C=O) groups is 3. The van der Waals surface area contributed by atoms with Crippen LogP contribution >= 0.6 is 0 Å². The van der Waals surface area contributed by atoms with Crippen molar-refractivity contribution in [2.45, 2.75) is 13.8 Å². The third-order valence-electron chi connectivity index (χ3n) is 2.96. The Kier molecular flexibility index (Phi) is 3.04. The summed E-state index contributed by atoms with van der Waals surface area (Å²) in [6.45, 7) is 2.45. The second-order valence-electron chi connectivity index (χ2n) is 4.74. The van der Waals surface area contributed by atoms with E-state index in [4.69, 9.17) is 0 Å². The molecule has 1 aromatic rings. The van der Waals surface area contributed by atoms with E-state index in [9.17, 15) is 27.6 Å². The fraction of sp³-hybridized carbons (Fsp3) is 0.250. The molecule has 1 heterocycles. The largest absolute Gasteiger partial charge is 0.335 e. The van der Waals surface area contributed by atoms with Gasteiger partial charge < -0.3 is 0 Å². The van der Waals surface area contributed by atoms with Crippen LogP contribution in [0.15, 0.2) is 12.1 Å². The number of amides is 4. The molecular formula is C12H9F3N2O3. The summed E-state index contributed by atoms with van der Waals surface area (Å²) in [5, 5.41) is 1.85. The molecule has 1 aliphatic rings. The molecule has 1 aromatic carbocycles. The molecule has 1 saturated heterocycles. The minimum absolute atomic E-state index is 0.217. The van der Waals surface area contributed by atoms with Crippen molar-refractivity contribution in [3.8, 4) is 0 Å². The minimum Gasteiger partial charge on any atom is -0.276 e. The lowest BCUT2D eigenvalue weighted by atomic mass is 9.88. The van der Waals surface area contributed by atoms with Gasteiger partial charge in [0.1, 0.15) is 5.41 Å². The molecule has 0 aliphatic carbocycles. The summed E-state index contributed by atoms with van der Waals surface area (Å²) in [5.41, 5.74) is -2.39. The first-order chi connectivity index (χ1) is 9.16. The summed E-state index contributed by atoms with van der Waals surface area (Å²) in [7, 11) is 0. The van der Waals surface area contributed by atoms with Crippen LogP contribution in [0.1, 0.15) is 13.8 Å². The lowest BCUT2D eigenvalue weighted by molar-refractivity contribution is -0.140. The van der Waals surface area contributed by atoms with Crippen LogP contribution in [0.4, 0.5) is 23.7 Å². The number of rotatable bonds is 1. The average Bonchev–Trinajstić information content (AvgIpc) is 2.33. The molecule has 0 unspecified atom stereocenters. The summed E-state index contributed by atoms with van der Waals surface area (Å²) in [6, 6.07) is -0.618. The van der Waals surface area contributed by atoms with Crippen LogP contribution in [0.2, 0.25) is 0 Å². The van der Waals surface area contributed by atoms with E-state index in [2.05, 4.69) is 0 Å². The molecule has 0 spiro atoms. The molecule has 0 radical (unpaired) electrons. The molecule has 0 bridgehead atoms. The van der Waals surface area contributed by atoms with Crippen molar-refractivity contribution in [3.05, 3.63) is 29.6 Å². The van der Waals surface area contributed by atoms with E-state index < -0.39 is 46.4 Å². The van der Waals surface area contributed by atoms with Gasteiger partial charge in [-0.15, -0.1) is 0 Å². The SMILES string of the molecule is CC1(C)C(=O)NC(=O)N(c2cc(F)c(F)cc2F)C1=O. The predicted molar refractivity (Wildman–Crippen MR) is 61.1 cm³/mol. The molecule has 0 saturated carbocycles. The highest BCUT2D eigenvalue weighted by Crippen LogP contribution is 2.30. The highest BCUT2D eigenvalue weighted by Gasteiger charge is 2.48. The number of hydrogen-bond acceptors (Lipinski definition) is 3. The lowest BCUT2D eigenvalue weighted by Gasteiger charge is -2.34. The Morgan fingerprint density at radius 2 is 1.55 bits per heavy atom. The molecular weight excluding hydrogens is 277 g/mol. The number of imide groups is 2. The third kappa shape index (κ3) is 1.93. The van der Waals surface area contributed by atoms with Crippen molar-refractivity contribution in [3.63, 3.8) is 0 Å². The van der Waals surface area contributed by atoms with E-state index in [-0.39, 0.29) is 11.0 Å². The second-order valence-corrected chi connectivity index (χ2v) is 4.74. The first-order valence-electron chi connectivity index (χ1n) is 5.50. The van der Waals surface area contributed by atoms with Gasteiger partial charge in [-0.05, 0) is 13.8 Å². The van der Waals surface area contributed by atoms with Gasteiger partial charge in [0.15, 0.2) is 17.5 Å². The maximum atomic E-state index is 13.6. The smallest absolute Gasteiger partial charge is 0.276 e. The maximum absolute atomic E-state index is 13.6. The summed E-state index contributed by atoms with van der Waals surface area (Å²) >= 11 is 0. The maximum Gasteiger partial charge on any atom is 0.335 e. The highest BCUT2D eigenvalue weighted by molar-refractivity contribution is 6.29. The summed E-state index contributed by atoms with van der Waals surface area (Å²) in [5.74, 6) is -6.05. The van der Waals surface area contributed by atoms with Gasteiger partial charge >= 0.3 is 6.03 Å². The Morgan fingerprint density at radius 1 is 1.00 bits per heavy atom.